The Morgan fingerprint density at radius 1 is 1.05 bits per heavy atom. The standard InChI is InChI=1S/C31H31ClN2O8/c1-13-17-11-10-16(9-8-14-4-6-15(12-32)7-5-14)24(35)19(17)25(36)20-18(13)26(37)22-23(34(2)3)27(38)21(30(33)41)29(40)31(22,42)28(20)39/h4-11,13,18,20-23,26,35,37,42H,12H2,1-3H3,(H2,33,41)/t13-,18+,20?,21?,22+,23-,26-,31-/m1/s1. The van der Waals surface area contributed by atoms with Gasteiger partial charge in [-0.25, -0.2) is 0 Å². The van der Waals surface area contributed by atoms with Gasteiger partial charge in [0.15, 0.2) is 34.7 Å². The number of rotatable bonds is 5. The molecular formula is C31H31ClN2O8. The number of primary amides is 1. The number of carbonyl (C=O) groups excluding carboxylic acids is 5. The largest absolute Gasteiger partial charge is 0.507 e. The summed E-state index contributed by atoms with van der Waals surface area (Å²) >= 11 is 5.84. The van der Waals surface area contributed by atoms with Gasteiger partial charge in [-0.2, -0.15) is 0 Å². The number of aromatic hydroxyl groups is 1. The first-order valence-electron chi connectivity index (χ1n) is 13.5. The zero-order valence-electron chi connectivity index (χ0n) is 23.2. The number of hydrogen-bond donors (Lipinski definition) is 4. The number of aliphatic hydroxyl groups excluding tert-OH is 1. The Balaban J connectivity index is 1.61. The van der Waals surface area contributed by atoms with Crippen molar-refractivity contribution in [2.45, 2.75) is 36.5 Å². The number of carbonyl (C=O) groups is 5. The van der Waals surface area contributed by atoms with Crippen LogP contribution in [0.5, 0.6) is 5.75 Å². The number of fused-ring (bicyclic) bond motifs is 3. The van der Waals surface area contributed by atoms with Crippen molar-refractivity contribution in [3.63, 3.8) is 0 Å². The summed E-state index contributed by atoms with van der Waals surface area (Å²) in [6.45, 7) is 1.67. The summed E-state index contributed by atoms with van der Waals surface area (Å²) in [7, 11) is 2.90. The highest BCUT2D eigenvalue weighted by atomic mass is 35.5. The predicted molar refractivity (Wildman–Crippen MR) is 152 cm³/mol. The number of nitrogens with zero attached hydrogens (tertiary/aromatic N) is 1. The number of phenolic OH excluding ortho intramolecular Hbond substituents is 1. The van der Waals surface area contributed by atoms with E-state index < -0.39 is 76.4 Å². The number of amides is 1. The van der Waals surface area contributed by atoms with Gasteiger partial charge in [0.1, 0.15) is 5.75 Å². The molecule has 0 radical (unpaired) electrons. The van der Waals surface area contributed by atoms with Gasteiger partial charge < -0.3 is 21.1 Å². The van der Waals surface area contributed by atoms with E-state index in [1.54, 1.807) is 31.2 Å². The SMILES string of the molecule is C[C@@H]1c2ccc(C=Cc3ccc(CCl)cc3)c(O)c2C(=O)C2C(=O)[C@@]3(O)C(=O)C(C(N)=O)C(=O)[C@H](N(C)C)[C@H]3[C@H](O)[C@H]21. The van der Waals surface area contributed by atoms with E-state index in [1.807, 2.05) is 24.3 Å². The van der Waals surface area contributed by atoms with Crippen LogP contribution in [0.4, 0.5) is 0 Å². The molecule has 2 saturated carbocycles. The van der Waals surface area contributed by atoms with Crippen LogP contribution in [0.3, 0.4) is 0 Å². The third-order valence-corrected chi connectivity index (χ3v) is 9.42. The van der Waals surface area contributed by atoms with Crippen molar-refractivity contribution >= 4 is 52.8 Å². The van der Waals surface area contributed by atoms with Crippen molar-refractivity contribution in [2.75, 3.05) is 14.1 Å². The molecule has 11 heteroatoms. The molecule has 1 amide bonds. The molecule has 2 aromatic rings. The van der Waals surface area contributed by atoms with E-state index in [2.05, 4.69) is 0 Å². The number of alkyl halides is 1. The van der Waals surface area contributed by atoms with Gasteiger partial charge in [-0.3, -0.25) is 28.9 Å². The van der Waals surface area contributed by atoms with E-state index in [4.69, 9.17) is 17.3 Å². The van der Waals surface area contributed by atoms with Crippen molar-refractivity contribution in [1.29, 1.82) is 0 Å². The monoisotopic (exact) mass is 594 g/mol. The Morgan fingerprint density at radius 2 is 1.69 bits per heavy atom. The number of aliphatic hydroxyl groups is 2. The van der Waals surface area contributed by atoms with Crippen molar-refractivity contribution in [2.24, 2.45) is 29.4 Å². The second-order valence-corrected chi connectivity index (χ2v) is 11.8. The maximum absolute atomic E-state index is 14.0. The fraction of sp³-hybridized carbons (Fsp3) is 0.387. The maximum Gasteiger partial charge on any atom is 0.235 e. The van der Waals surface area contributed by atoms with Crippen molar-refractivity contribution in [1.82, 2.24) is 4.90 Å². The topological polar surface area (TPSA) is 175 Å². The molecule has 0 spiro atoms. The summed E-state index contributed by atoms with van der Waals surface area (Å²) in [5.74, 6) is -13.1. The average molecular weight is 595 g/mol. The van der Waals surface area contributed by atoms with Gasteiger partial charge in [-0.1, -0.05) is 55.5 Å². The molecule has 0 aliphatic heterocycles. The lowest BCUT2D eigenvalue weighted by Gasteiger charge is -2.56. The van der Waals surface area contributed by atoms with Gasteiger partial charge >= 0.3 is 0 Å². The summed E-state index contributed by atoms with van der Waals surface area (Å²) in [4.78, 5) is 68.2. The number of benzene rings is 2. The predicted octanol–water partition coefficient (Wildman–Crippen LogP) is 1.31. The fourth-order valence-electron chi connectivity index (χ4n) is 7.04. The van der Waals surface area contributed by atoms with Gasteiger partial charge in [-0.15, -0.1) is 11.6 Å². The Hall–Kier alpha value is -3.70. The molecule has 42 heavy (non-hydrogen) atoms. The summed E-state index contributed by atoms with van der Waals surface area (Å²) < 4.78 is 0. The zero-order valence-corrected chi connectivity index (χ0v) is 23.9. The fourth-order valence-corrected chi connectivity index (χ4v) is 7.22. The lowest BCUT2D eigenvalue weighted by Crippen LogP contribution is -2.77. The molecule has 8 atom stereocenters. The molecule has 220 valence electrons. The van der Waals surface area contributed by atoms with Gasteiger partial charge in [0, 0.05) is 17.4 Å². The lowest BCUT2D eigenvalue weighted by molar-refractivity contribution is -0.196. The normalized spacial score (nSPS) is 32.6. The van der Waals surface area contributed by atoms with E-state index in [1.165, 1.54) is 19.0 Å². The molecule has 3 aliphatic rings. The van der Waals surface area contributed by atoms with E-state index in [0.29, 0.717) is 11.4 Å². The summed E-state index contributed by atoms with van der Waals surface area (Å²) in [5.41, 5.74) is 4.57. The Bertz CT molecular complexity index is 1550. The summed E-state index contributed by atoms with van der Waals surface area (Å²) in [5, 5.41) is 34.6. The Morgan fingerprint density at radius 3 is 2.26 bits per heavy atom. The molecule has 2 unspecified atom stereocenters. The van der Waals surface area contributed by atoms with Crippen LogP contribution in [0.15, 0.2) is 36.4 Å². The first-order chi connectivity index (χ1) is 19.8. The number of hydrogen-bond acceptors (Lipinski definition) is 9. The molecule has 3 aliphatic carbocycles. The lowest BCUT2D eigenvalue weighted by atomic mass is 9.49. The third-order valence-electron chi connectivity index (χ3n) is 9.11. The van der Waals surface area contributed by atoms with Crippen LogP contribution in [0.25, 0.3) is 12.2 Å². The molecule has 0 aromatic heterocycles. The zero-order chi connectivity index (χ0) is 30.8. The molecule has 2 aromatic carbocycles. The quantitative estimate of drug-likeness (QED) is 0.226. The third kappa shape index (κ3) is 4.16. The average Bonchev–Trinajstić information content (AvgIpc) is 2.94. The molecule has 0 bridgehead atoms. The van der Waals surface area contributed by atoms with Gasteiger partial charge in [-0.05, 0) is 36.7 Å². The number of ketones is 4. The molecule has 0 heterocycles. The van der Waals surface area contributed by atoms with Gasteiger partial charge in [0.05, 0.1) is 29.5 Å². The van der Waals surface area contributed by atoms with Crippen LogP contribution in [0.2, 0.25) is 0 Å². The molecule has 0 saturated heterocycles. The van der Waals surface area contributed by atoms with Crippen molar-refractivity contribution in [3.05, 3.63) is 64.2 Å². The van der Waals surface area contributed by atoms with E-state index in [-0.39, 0.29) is 16.9 Å². The summed E-state index contributed by atoms with van der Waals surface area (Å²) in [6, 6.07) is 9.22. The minimum absolute atomic E-state index is 0.152. The van der Waals surface area contributed by atoms with Crippen LogP contribution in [-0.4, -0.2) is 81.1 Å². The number of halogens is 1. The van der Waals surface area contributed by atoms with Crippen molar-refractivity contribution in [3.8, 4) is 5.75 Å². The highest BCUT2D eigenvalue weighted by Gasteiger charge is 2.72. The van der Waals surface area contributed by atoms with E-state index >= 15 is 0 Å². The first kappa shape index (κ1) is 29.8. The van der Waals surface area contributed by atoms with E-state index in [0.717, 1.165) is 11.1 Å². The minimum atomic E-state index is -3.03. The smallest absolute Gasteiger partial charge is 0.235 e. The highest BCUT2D eigenvalue weighted by molar-refractivity contribution is 6.32. The van der Waals surface area contributed by atoms with Crippen LogP contribution < -0.4 is 5.73 Å². The van der Waals surface area contributed by atoms with Crippen molar-refractivity contribution < 1.29 is 39.3 Å². The molecular weight excluding hydrogens is 564 g/mol. The van der Waals surface area contributed by atoms with Crippen LogP contribution >= 0.6 is 11.6 Å². The number of nitrogens with two attached hydrogens (primary N) is 1. The number of phenols is 1. The Kier molecular flexibility index (Phi) is 7.47. The van der Waals surface area contributed by atoms with Gasteiger partial charge in [0.25, 0.3) is 0 Å². The number of Topliss-reactive ketones (excluding diaryl/α,β-unsaturated/α-hetero) is 4. The molecule has 10 nitrogen and oxygen atoms in total. The van der Waals surface area contributed by atoms with Crippen LogP contribution in [0, 0.1) is 23.7 Å². The molecule has 5 rings (SSSR count). The van der Waals surface area contributed by atoms with Crippen LogP contribution in [-0.2, 0) is 25.1 Å². The second-order valence-electron chi connectivity index (χ2n) is 11.5. The summed E-state index contributed by atoms with van der Waals surface area (Å²) in [6.07, 6.45) is 1.66. The minimum Gasteiger partial charge on any atom is -0.507 e. The van der Waals surface area contributed by atoms with E-state index in [9.17, 15) is 39.3 Å². The molecule has 5 N–H and O–H groups in total. The first-order valence-corrected chi connectivity index (χ1v) is 14.0. The molecule has 2 fully saturated rings. The number of likely N-dealkylation sites (N-methyl/N-ethyl adjacent to an activating group) is 1. The maximum atomic E-state index is 14.0. The highest BCUT2D eigenvalue weighted by Crippen LogP contribution is 2.54. The Labute approximate surface area is 246 Å². The van der Waals surface area contributed by atoms with Gasteiger partial charge in [0.2, 0.25) is 5.91 Å². The van der Waals surface area contributed by atoms with Crippen LogP contribution in [0.1, 0.15) is 45.5 Å². The second kappa shape index (κ2) is 10.5.